The maximum absolute atomic E-state index is 10.6. The van der Waals surface area contributed by atoms with Crippen molar-refractivity contribution < 1.29 is 4.79 Å². The van der Waals surface area contributed by atoms with Gasteiger partial charge >= 0.3 is 0 Å². The largest absolute Gasteiger partial charge is 0.326 e. The van der Waals surface area contributed by atoms with Crippen molar-refractivity contribution in [2.75, 3.05) is 13.1 Å². The van der Waals surface area contributed by atoms with E-state index in [1.807, 2.05) is 0 Å². The van der Waals surface area contributed by atoms with Gasteiger partial charge in [0, 0.05) is 13.1 Å². The van der Waals surface area contributed by atoms with Gasteiger partial charge in [-0.25, -0.2) is 0 Å². The molecule has 2 nitrogen and oxygen atoms in total. The van der Waals surface area contributed by atoms with Crippen LogP contribution in [0, 0.1) is 0 Å². The minimum atomic E-state index is -0.250. The summed E-state index contributed by atoms with van der Waals surface area (Å²) in [5, 5.41) is -0.250. The Labute approximate surface area is 66.6 Å². The second kappa shape index (κ2) is 5.11. The highest BCUT2D eigenvalue weighted by Crippen LogP contribution is 1.95. The zero-order valence-electron chi connectivity index (χ0n) is 5.79. The van der Waals surface area contributed by atoms with Gasteiger partial charge in [0.2, 0.25) is 0 Å². The number of carbonyl (C=O) groups is 1. The van der Waals surface area contributed by atoms with E-state index in [1.165, 1.54) is 4.90 Å². The third-order valence-corrected chi connectivity index (χ3v) is 1.25. The number of carbonyl (C=O) groups excluding carboxylic acids is 1. The number of rotatable bonds is 4. The number of hydrogen-bond acceptors (Lipinski definition) is 1. The molecule has 0 N–H and O–H groups in total. The van der Waals surface area contributed by atoms with Gasteiger partial charge in [0.1, 0.15) is 0 Å². The molecule has 0 radical (unpaired) electrons. The highest BCUT2D eigenvalue weighted by molar-refractivity contribution is 7.96. The third kappa shape index (κ3) is 3.35. The lowest BCUT2D eigenvalue weighted by Crippen LogP contribution is -2.26. The maximum Gasteiger partial charge on any atom is 0.279 e. The van der Waals surface area contributed by atoms with Gasteiger partial charge in [0.15, 0.2) is 0 Å². The van der Waals surface area contributed by atoms with Gasteiger partial charge in [-0.1, -0.05) is 24.8 Å². The molecule has 0 aromatic heterocycles. The van der Waals surface area contributed by atoms with E-state index in [0.717, 1.165) is 0 Å². The first-order valence-corrected chi connectivity index (χ1v) is 3.36. The number of amides is 1. The maximum atomic E-state index is 10.6. The zero-order chi connectivity index (χ0) is 7.98. The van der Waals surface area contributed by atoms with Crippen LogP contribution in [0.3, 0.4) is 0 Å². The number of thiol groups is 1. The van der Waals surface area contributed by atoms with Crippen LogP contribution in [0.4, 0.5) is 4.79 Å². The standard InChI is InChI=1S/C7H11NOS/c1-3-5-8(6-4-2)7(9)10/h3-4H,1-2,5-6H2,(H,9,10). The van der Waals surface area contributed by atoms with Crippen LogP contribution in [-0.4, -0.2) is 23.2 Å². The quantitative estimate of drug-likeness (QED) is 0.486. The predicted octanol–water partition coefficient (Wildman–Crippen LogP) is 1.71. The Morgan fingerprint density at radius 1 is 1.40 bits per heavy atom. The molecule has 0 aliphatic rings. The third-order valence-electron chi connectivity index (χ3n) is 0.969. The van der Waals surface area contributed by atoms with Crippen molar-refractivity contribution >= 4 is 17.9 Å². The van der Waals surface area contributed by atoms with Crippen molar-refractivity contribution in [1.29, 1.82) is 0 Å². The van der Waals surface area contributed by atoms with Crippen LogP contribution in [0.15, 0.2) is 25.3 Å². The molecular weight excluding hydrogens is 146 g/mol. The average molecular weight is 157 g/mol. The highest BCUT2D eigenvalue weighted by atomic mass is 32.1. The zero-order valence-corrected chi connectivity index (χ0v) is 6.68. The molecule has 0 aromatic rings. The molecule has 0 aliphatic carbocycles. The lowest BCUT2D eigenvalue weighted by atomic mass is 10.5. The molecule has 0 atom stereocenters. The van der Waals surface area contributed by atoms with Crippen LogP contribution in [0.25, 0.3) is 0 Å². The fourth-order valence-electron chi connectivity index (χ4n) is 0.542. The topological polar surface area (TPSA) is 20.3 Å². The second-order valence-electron chi connectivity index (χ2n) is 1.76. The van der Waals surface area contributed by atoms with E-state index in [4.69, 9.17) is 0 Å². The molecular formula is C7H11NOS. The Balaban J connectivity index is 3.83. The number of nitrogens with zero attached hydrogens (tertiary/aromatic N) is 1. The van der Waals surface area contributed by atoms with Gasteiger partial charge in [0.05, 0.1) is 0 Å². The summed E-state index contributed by atoms with van der Waals surface area (Å²) in [5.41, 5.74) is 0. The van der Waals surface area contributed by atoms with E-state index in [-0.39, 0.29) is 5.24 Å². The van der Waals surface area contributed by atoms with Gasteiger partial charge in [-0.05, 0) is 0 Å². The van der Waals surface area contributed by atoms with Gasteiger partial charge in [-0.2, -0.15) is 0 Å². The Morgan fingerprint density at radius 3 is 2.00 bits per heavy atom. The molecule has 0 saturated carbocycles. The van der Waals surface area contributed by atoms with Crippen molar-refractivity contribution in [2.45, 2.75) is 0 Å². The van der Waals surface area contributed by atoms with Crippen molar-refractivity contribution in [1.82, 2.24) is 4.90 Å². The summed E-state index contributed by atoms with van der Waals surface area (Å²) in [4.78, 5) is 12.1. The normalized spacial score (nSPS) is 8.50. The van der Waals surface area contributed by atoms with Gasteiger partial charge in [-0.15, -0.1) is 13.2 Å². The summed E-state index contributed by atoms with van der Waals surface area (Å²) >= 11 is 3.65. The van der Waals surface area contributed by atoms with Crippen molar-refractivity contribution in [3.05, 3.63) is 25.3 Å². The summed E-state index contributed by atoms with van der Waals surface area (Å²) in [7, 11) is 0. The van der Waals surface area contributed by atoms with Gasteiger partial charge in [-0.3, -0.25) is 4.79 Å². The lowest BCUT2D eigenvalue weighted by molar-refractivity contribution is 0.233. The molecule has 0 rings (SSSR count). The highest BCUT2D eigenvalue weighted by Gasteiger charge is 2.02. The SMILES string of the molecule is C=CCN(CC=C)C(=O)S. The first-order valence-electron chi connectivity index (χ1n) is 2.92. The van der Waals surface area contributed by atoms with Crippen molar-refractivity contribution in [2.24, 2.45) is 0 Å². The molecule has 10 heavy (non-hydrogen) atoms. The molecule has 56 valence electrons. The second-order valence-corrected chi connectivity index (χ2v) is 2.15. The number of hydrogen-bond donors (Lipinski definition) is 1. The van der Waals surface area contributed by atoms with E-state index in [9.17, 15) is 4.79 Å². The monoisotopic (exact) mass is 157 g/mol. The first-order chi connectivity index (χ1) is 4.72. The molecule has 1 amide bonds. The molecule has 0 fully saturated rings. The van der Waals surface area contributed by atoms with Gasteiger partial charge in [0.25, 0.3) is 5.24 Å². The Hall–Kier alpha value is -0.700. The minimum absolute atomic E-state index is 0.250. The fourth-order valence-corrected chi connectivity index (χ4v) is 0.706. The van der Waals surface area contributed by atoms with Gasteiger partial charge < -0.3 is 4.90 Å². The molecule has 0 unspecified atom stereocenters. The van der Waals surface area contributed by atoms with Crippen LogP contribution in [0.1, 0.15) is 0 Å². The molecule has 3 heteroatoms. The van der Waals surface area contributed by atoms with E-state index in [0.29, 0.717) is 13.1 Å². The summed E-state index contributed by atoms with van der Waals surface area (Å²) in [6.45, 7) is 8.05. The predicted molar refractivity (Wildman–Crippen MR) is 46.3 cm³/mol. The van der Waals surface area contributed by atoms with Crippen LogP contribution >= 0.6 is 12.6 Å². The summed E-state index contributed by atoms with van der Waals surface area (Å²) in [6, 6.07) is 0. The minimum Gasteiger partial charge on any atom is -0.326 e. The molecule has 0 heterocycles. The Morgan fingerprint density at radius 2 is 1.80 bits per heavy atom. The Kier molecular flexibility index (Phi) is 4.76. The molecule has 0 aromatic carbocycles. The molecule has 0 bridgehead atoms. The van der Waals surface area contributed by atoms with E-state index in [2.05, 4.69) is 25.8 Å². The average Bonchev–Trinajstić information content (AvgIpc) is 1.87. The van der Waals surface area contributed by atoms with E-state index < -0.39 is 0 Å². The molecule has 0 spiro atoms. The van der Waals surface area contributed by atoms with Crippen molar-refractivity contribution in [3.8, 4) is 0 Å². The van der Waals surface area contributed by atoms with Crippen LogP contribution in [0.5, 0.6) is 0 Å². The smallest absolute Gasteiger partial charge is 0.279 e. The summed E-state index contributed by atoms with van der Waals surface area (Å²) in [5.74, 6) is 0. The van der Waals surface area contributed by atoms with E-state index >= 15 is 0 Å². The fraction of sp³-hybridized carbons (Fsp3) is 0.286. The first kappa shape index (κ1) is 9.30. The van der Waals surface area contributed by atoms with Crippen molar-refractivity contribution in [3.63, 3.8) is 0 Å². The Bertz CT molecular complexity index is 135. The molecule has 0 aliphatic heterocycles. The van der Waals surface area contributed by atoms with Crippen LogP contribution < -0.4 is 0 Å². The van der Waals surface area contributed by atoms with Crippen LogP contribution in [0.2, 0.25) is 0 Å². The lowest BCUT2D eigenvalue weighted by Gasteiger charge is -2.14. The summed E-state index contributed by atoms with van der Waals surface area (Å²) in [6.07, 6.45) is 3.30. The molecule has 0 saturated heterocycles. The summed E-state index contributed by atoms with van der Waals surface area (Å²) < 4.78 is 0. The van der Waals surface area contributed by atoms with Crippen LogP contribution in [-0.2, 0) is 0 Å². The van der Waals surface area contributed by atoms with E-state index in [1.54, 1.807) is 12.2 Å².